The molecule has 0 aliphatic heterocycles. The lowest BCUT2D eigenvalue weighted by molar-refractivity contribution is -0.384. The zero-order valence-corrected chi connectivity index (χ0v) is 9.62. The first-order chi connectivity index (χ1) is 8.41. The van der Waals surface area contributed by atoms with Gasteiger partial charge < -0.3 is 10.4 Å². The van der Waals surface area contributed by atoms with Gasteiger partial charge in [0.05, 0.1) is 10.8 Å². The first kappa shape index (κ1) is 13.6. The van der Waals surface area contributed by atoms with E-state index in [0.29, 0.717) is 0 Å². The van der Waals surface area contributed by atoms with Crippen molar-refractivity contribution in [1.29, 1.82) is 0 Å². The van der Waals surface area contributed by atoms with Gasteiger partial charge in [0.2, 0.25) is 0 Å². The van der Waals surface area contributed by atoms with E-state index in [4.69, 9.17) is 5.11 Å². The van der Waals surface area contributed by atoms with E-state index < -0.39 is 22.7 Å². The monoisotopic (exact) mass is 252 g/mol. The predicted octanol–water partition coefficient (Wildman–Crippen LogP) is 1.05. The molecule has 2 N–H and O–H groups in total. The standard InChI is InChI=1S/C11H12N2O5/c1-7(11(15)16)6-12-10(14)8-3-2-4-9(5-8)13(17)18/h2-5,7H,6H2,1H3,(H,12,14)(H,15,16). The number of carboxylic acids is 1. The number of nitro groups is 1. The number of nitro benzene ring substituents is 1. The number of hydrogen-bond acceptors (Lipinski definition) is 4. The maximum Gasteiger partial charge on any atom is 0.308 e. The Morgan fingerprint density at radius 3 is 2.72 bits per heavy atom. The van der Waals surface area contributed by atoms with Crippen LogP contribution < -0.4 is 5.32 Å². The summed E-state index contributed by atoms with van der Waals surface area (Å²) in [4.78, 5) is 32.1. The van der Waals surface area contributed by atoms with E-state index in [1.165, 1.54) is 25.1 Å². The van der Waals surface area contributed by atoms with Crippen LogP contribution in [0.3, 0.4) is 0 Å². The van der Waals surface area contributed by atoms with E-state index in [1.807, 2.05) is 0 Å². The van der Waals surface area contributed by atoms with Crippen LogP contribution in [0, 0.1) is 16.0 Å². The number of amides is 1. The zero-order valence-electron chi connectivity index (χ0n) is 9.62. The lowest BCUT2D eigenvalue weighted by Gasteiger charge is -2.08. The van der Waals surface area contributed by atoms with Crippen LogP contribution in [-0.2, 0) is 4.79 Å². The number of nitrogens with zero attached hydrogens (tertiary/aromatic N) is 1. The number of rotatable bonds is 5. The highest BCUT2D eigenvalue weighted by atomic mass is 16.6. The van der Waals surface area contributed by atoms with Crippen molar-refractivity contribution in [3.63, 3.8) is 0 Å². The zero-order chi connectivity index (χ0) is 13.7. The van der Waals surface area contributed by atoms with Crippen molar-refractivity contribution < 1.29 is 19.6 Å². The summed E-state index contributed by atoms with van der Waals surface area (Å²) >= 11 is 0. The number of non-ortho nitro benzene ring substituents is 1. The second-order valence-corrected chi connectivity index (χ2v) is 3.76. The summed E-state index contributed by atoms with van der Waals surface area (Å²) in [6, 6.07) is 5.23. The van der Waals surface area contributed by atoms with E-state index in [0.717, 1.165) is 6.07 Å². The lowest BCUT2D eigenvalue weighted by atomic mass is 10.1. The highest BCUT2D eigenvalue weighted by molar-refractivity contribution is 5.95. The maximum absolute atomic E-state index is 11.6. The van der Waals surface area contributed by atoms with Gasteiger partial charge >= 0.3 is 5.97 Å². The summed E-state index contributed by atoms with van der Waals surface area (Å²) in [5.74, 6) is -2.27. The number of carbonyl (C=O) groups excluding carboxylic acids is 1. The number of aliphatic carboxylic acids is 1. The Hall–Kier alpha value is -2.44. The van der Waals surface area contributed by atoms with Gasteiger partial charge in [0.1, 0.15) is 0 Å². The van der Waals surface area contributed by atoms with Crippen molar-refractivity contribution in [1.82, 2.24) is 5.32 Å². The number of hydrogen-bond donors (Lipinski definition) is 2. The molecule has 0 heterocycles. The number of nitrogens with one attached hydrogen (secondary N) is 1. The molecule has 96 valence electrons. The first-order valence-corrected chi connectivity index (χ1v) is 5.17. The molecule has 1 atom stereocenters. The summed E-state index contributed by atoms with van der Waals surface area (Å²) < 4.78 is 0. The van der Waals surface area contributed by atoms with Gasteiger partial charge in [-0.05, 0) is 6.07 Å². The smallest absolute Gasteiger partial charge is 0.308 e. The first-order valence-electron chi connectivity index (χ1n) is 5.17. The molecule has 0 aliphatic carbocycles. The molecule has 7 heteroatoms. The highest BCUT2D eigenvalue weighted by Crippen LogP contribution is 2.12. The van der Waals surface area contributed by atoms with Crippen molar-refractivity contribution in [3.8, 4) is 0 Å². The van der Waals surface area contributed by atoms with Crippen molar-refractivity contribution in [2.45, 2.75) is 6.92 Å². The molecule has 1 aromatic rings. The van der Waals surface area contributed by atoms with Gasteiger partial charge in [0.25, 0.3) is 11.6 Å². The molecule has 0 saturated carbocycles. The van der Waals surface area contributed by atoms with E-state index >= 15 is 0 Å². The fourth-order valence-corrected chi connectivity index (χ4v) is 1.20. The topological polar surface area (TPSA) is 110 Å². The maximum atomic E-state index is 11.6. The molecule has 0 bridgehead atoms. The van der Waals surface area contributed by atoms with Crippen LogP contribution >= 0.6 is 0 Å². The Morgan fingerprint density at radius 2 is 2.17 bits per heavy atom. The predicted molar refractivity (Wildman–Crippen MR) is 62.2 cm³/mol. The second-order valence-electron chi connectivity index (χ2n) is 3.76. The summed E-state index contributed by atoms with van der Waals surface area (Å²) in [5, 5.41) is 21.6. The molecule has 1 aromatic carbocycles. The van der Waals surface area contributed by atoms with E-state index in [-0.39, 0.29) is 17.8 Å². The Bertz CT molecular complexity index is 486. The van der Waals surface area contributed by atoms with Crippen LogP contribution in [0.4, 0.5) is 5.69 Å². The van der Waals surface area contributed by atoms with Crippen LogP contribution in [0.5, 0.6) is 0 Å². The average Bonchev–Trinajstić information content (AvgIpc) is 2.35. The lowest BCUT2D eigenvalue weighted by Crippen LogP contribution is -2.31. The Kier molecular flexibility index (Phi) is 4.36. The van der Waals surface area contributed by atoms with Gasteiger partial charge in [0, 0.05) is 24.2 Å². The minimum Gasteiger partial charge on any atom is -0.481 e. The van der Waals surface area contributed by atoms with Crippen LogP contribution in [0.1, 0.15) is 17.3 Å². The van der Waals surface area contributed by atoms with Gasteiger partial charge in [-0.1, -0.05) is 13.0 Å². The summed E-state index contributed by atoms with van der Waals surface area (Å²) in [6.07, 6.45) is 0. The van der Waals surface area contributed by atoms with E-state index in [2.05, 4.69) is 5.32 Å². The molecule has 1 amide bonds. The number of benzene rings is 1. The quantitative estimate of drug-likeness (QED) is 0.601. The van der Waals surface area contributed by atoms with Crippen molar-refractivity contribution in [2.24, 2.45) is 5.92 Å². The summed E-state index contributed by atoms with van der Waals surface area (Å²) in [6.45, 7) is 1.42. The third-order valence-electron chi connectivity index (χ3n) is 2.31. The number of carbonyl (C=O) groups is 2. The van der Waals surface area contributed by atoms with Gasteiger partial charge in [-0.15, -0.1) is 0 Å². The minimum atomic E-state index is -1.02. The molecule has 1 unspecified atom stereocenters. The normalized spacial score (nSPS) is 11.6. The molecule has 0 aromatic heterocycles. The Morgan fingerprint density at radius 1 is 1.50 bits per heavy atom. The second kappa shape index (κ2) is 5.76. The van der Waals surface area contributed by atoms with Crippen molar-refractivity contribution in [3.05, 3.63) is 39.9 Å². The molecule has 0 radical (unpaired) electrons. The Labute approximate surface area is 103 Å². The minimum absolute atomic E-state index is 0.0309. The molecule has 0 fully saturated rings. The van der Waals surface area contributed by atoms with Crippen LogP contribution in [0.25, 0.3) is 0 Å². The molecule has 7 nitrogen and oxygen atoms in total. The molecule has 0 saturated heterocycles. The van der Waals surface area contributed by atoms with Crippen molar-refractivity contribution >= 4 is 17.6 Å². The largest absolute Gasteiger partial charge is 0.481 e. The van der Waals surface area contributed by atoms with Crippen LogP contribution in [-0.4, -0.2) is 28.5 Å². The molecule has 18 heavy (non-hydrogen) atoms. The third-order valence-corrected chi connectivity index (χ3v) is 2.31. The SMILES string of the molecule is CC(CNC(=O)c1cccc([N+](=O)[O-])c1)C(=O)O. The fourth-order valence-electron chi connectivity index (χ4n) is 1.20. The van der Waals surface area contributed by atoms with Gasteiger partial charge in [-0.2, -0.15) is 0 Å². The Balaban J connectivity index is 2.70. The molecule has 0 aliphatic rings. The molecular formula is C11H12N2O5. The average molecular weight is 252 g/mol. The highest BCUT2D eigenvalue weighted by Gasteiger charge is 2.14. The van der Waals surface area contributed by atoms with Crippen LogP contribution in [0.2, 0.25) is 0 Å². The van der Waals surface area contributed by atoms with E-state index in [9.17, 15) is 19.7 Å². The fraction of sp³-hybridized carbons (Fsp3) is 0.273. The third kappa shape index (κ3) is 3.55. The molecule has 0 spiro atoms. The van der Waals surface area contributed by atoms with Crippen LogP contribution in [0.15, 0.2) is 24.3 Å². The summed E-state index contributed by atoms with van der Waals surface area (Å²) in [5.41, 5.74) is -0.0595. The van der Waals surface area contributed by atoms with Gasteiger partial charge in [0.15, 0.2) is 0 Å². The van der Waals surface area contributed by atoms with E-state index in [1.54, 1.807) is 0 Å². The van der Waals surface area contributed by atoms with Gasteiger partial charge in [-0.3, -0.25) is 19.7 Å². The van der Waals surface area contributed by atoms with Gasteiger partial charge in [-0.25, -0.2) is 0 Å². The number of carboxylic acid groups (broad SMARTS) is 1. The molecular weight excluding hydrogens is 240 g/mol. The van der Waals surface area contributed by atoms with Crippen molar-refractivity contribution in [2.75, 3.05) is 6.54 Å². The summed E-state index contributed by atoms with van der Waals surface area (Å²) in [7, 11) is 0. The molecule has 1 rings (SSSR count).